The van der Waals surface area contributed by atoms with E-state index in [1.807, 2.05) is 24.3 Å². The molecule has 0 unspecified atom stereocenters. The maximum Gasteiger partial charge on any atom is 0.573 e. The Labute approximate surface area is 141 Å². The molecule has 1 aromatic heterocycles. The number of hydrogen-bond acceptors (Lipinski definition) is 3. The Balaban J connectivity index is 1.96. The lowest BCUT2D eigenvalue weighted by Crippen LogP contribution is -2.19. The maximum atomic E-state index is 12.3. The number of rotatable bonds is 4. The van der Waals surface area contributed by atoms with Crippen LogP contribution in [0.3, 0.4) is 0 Å². The van der Waals surface area contributed by atoms with Gasteiger partial charge in [0.25, 0.3) is 0 Å². The Kier molecular flexibility index (Phi) is 4.35. The van der Waals surface area contributed by atoms with E-state index in [9.17, 15) is 18.0 Å². The van der Waals surface area contributed by atoms with E-state index in [0.29, 0.717) is 11.4 Å². The lowest BCUT2D eigenvalue weighted by molar-refractivity contribution is -0.274. The van der Waals surface area contributed by atoms with Gasteiger partial charge in [-0.1, -0.05) is 18.2 Å². The largest absolute Gasteiger partial charge is 0.573 e. The van der Waals surface area contributed by atoms with Crippen molar-refractivity contribution in [2.45, 2.75) is 19.8 Å². The van der Waals surface area contributed by atoms with E-state index in [1.165, 1.54) is 31.2 Å². The summed E-state index contributed by atoms with van der Waals surface area (Å²) in [6.45, 7) is 1.68. The first kappa shape index (κ1) is 16.8. The number of halogens is 3. The first-order chi connectivity index (χ1) is 11.8. The minimum atomic E-state index is -4.73. The van der Waals surface area contributed by atoms with Crippen molar-refractivity contribution in [3.63, 3.8) is 0 Å². The number of alkyl halides is 3. The predicted molar refractivity (Wildman–Crippen MR) is 85.3 cm³/mol. The fourth-order valence-electron chi connectivity index (χ4n) is 2.46. The van der Waals surface area contributed by atoms with Crippen LogP contribution < -0.4 is 10.1 Å². The molecule has 130 valence electrons. The van der Waals surface area contributed by atoms with E-state index < -0.39 is 6.36 Å². The zero-order chi connectivity index (χ0) is 18.0. The van der Waals surface area contributed by atoms with Gasteiger partial charge in [-0.05, 0) is 30.3 Å². The van der Waals surface area contributed by atoms with Gasteiger partial charge in [0.05, 0.1) is 23.4 Å². The van der Waals surface area contributed by atoms with Gasteiger partial charge in [0.1, 0.15) is 5.75 Å². The number of ether oxygens (including phenoxy) is 1. The van der Waals surface area contributed by atoms with E-state index in [2.05, 4.69) is 15.2 Å². The van der Waals surface area contributed by atoms with Crippen molar-refractivity contribution in [2.24, 2.45) is 0 Å². The van der Waals surface area contributed by atoms with Crippen LogP contribution >= 0.6 is 0 Å². The third-order valence-electron chi connectivity index (χ3n) is 3.48. The number of fused-ring (bicyclic) bond motifs is 1. The van der Waals surface area contributed by atoms with Gasteiger partial charge in [0, 0.05) is 12.3 Å². The van der Waals surface area contributed by atoms with Crippen LogP contribution in [0.25, 0.3) is 16.6 Å². The van der Waals surface area contributed by atoms with E-state index in [-0.39, 0.29) is 18.2 Å². The highest BCUT2D eigenvalue weighted by atomic mass is 19.4. The van der Waals surface area contributed by atoms with Crippen LogP contribution in [0.15, 0.2) is 48.5 Å². The molecule has 0 spiro atoms. The number of carbonyl (C=O) groups is 1. The standard InChI is InChI=1S/C17H14F3N3O2/c1-11(24)21-10-15-14-4-2-3-5-16(14)23(22-15)12-6-8-13(9-7-12)25-17(18,19)20/h2-9H,10H2,1H3,(H,21,24). The zero-order valence-electron chi connectivity index (χ0n) is 13.2. The summed E-state index contributed by atoms with van der Waals surface area (Å²) in [5, 5.41) is 8.02. The van der Waals surface area contributed by atoms with Crippen molar-refractivity contribution in [2.75, 3.05) is 0 Å². The van der Waals surface area contributed by atoms with Gasteiger partial charge in [-0.2, -0.15) is 5.10 Å². The molecule has 5 nitrogen and oxygen atoms in total. The summed E-state index contributed by atoms with van der Waals surface area (Å²) in [7, 11) is 0. The van der Waals surface area contributed by atoms with Gasteiger partial charge < -0.3 is 10.1 Å². The SMILES string of the molecule is CC(=O)NCc1nn(-c2ccc(OC(F)(F)F)cc2)c2ccccc12. The smallest absolute Gasteiger partial charge is 0.406 e. The molecule has 0 atom stereocenters. The number of hydrogen-bond donors (Lipinski definition) is 1. The molecule has 3 rings (SSSR count). The average molecular weight is 349 g/mol. The fourth-order valence-corrected chi connectivity index (χ4v) is 2.46. The number of nitrogens with one attached hydrogen (secondary N) is 1. The molecule has 1 N–H and O–H groups in total. The van der Waals surface area contributed by atoms with Crippen molar-refractivity contribution >= 4 is 16.8 Å². The molecule has 8 heteroatoms. The van der Waals surface area contributed by atoms with Crippen molar-refractivity contribution in [3.05, 3.63) is 54.2 Å². The van der Waals surface area contributed by atoms with E-state index in [0.717, 1.165) is 10.9 Å². The van der Waals surface area contributed by atoms with Gasteiger partial charge in [-0.15, -0.1) is 13.2 Å². The Hall–Kier alpha value is -3.03. The third-order valence-corrected chi connectivity index (χ3v) is 3.48. The quantitative estimate of drug-likeness (QED) is 0.784. The molecule has 0 saturated heterocycles. The number of nitrogens with zero attached hydrogens (tertiary/aromatic N) is 2. The average Bonchev–Trinajstić information content (AvgIpc) is 2.91. The van der Waals surface area contributed by atoms with E-state index >= 15 is 0 Å². The Morgan fingerprint density at radius 2 is 1.84 bits per heavy atom. The molecular weight excluding hydrogens is 335 g/mol. The highest BCUT2D eigenvalue weighted by Gasteiger charge is 2.31. The second-order valence-electron chi connectivity index (χ2n) is 5.33. The van der Waals surface area contributed by atoms with Crippen LogP contribution in [-0.4, -0.2) is 22.1 Å². The van der Waals surface area contributed by atoms with Crippen molar-refractivity contribution < 1.29 is 22.7 Å². The number of para-hydroxylation sites is 1. The van der Waals surface area contributed by atoms with Crippen molar-refractivity contribution in [1.82, 2.24) is 15.1 Å². The highest BCUT2D eigenvalue weighted by molar-refractivity contribution is 5.84. The summed E-state index contributed by atoms with van der Waals surface area (Å²) < 4.78 is 42.2. The molecular formula is C17H14F3N3O2. The summed E-state index contributed by atoms with van der Waals surface area (Å²) in [5.41, 5.74) is 2.04. The monoisotopic (exact) mass is 349 g/mol. The van der Waals surface area contributed by atoms with Gasteiger partial charge in [0.2, 0.25) is 5.91 Å². The van der Waals surface area contributed by atoms with Crippen molar-refractivity contribution in [3.8, 4) is 11.4 Å². The first-order valence-electron chi connectivity index (χ1n) is 7.41. The molecule has 0 fully saturated rings. The molecule has 25 heavy (non-hydrogen) atoms. The third kappa shape index (κ3) is 3.90. The number of carbonyl (C=O) groups excluding carboxylic acids is 1. The molecule has 3 aromatic rings. The molecule has 0 bridgehead atoms. The van der Waals surface area contributed by atoms with Gasteiger partial charge in [0.15, 0.2) is 0 Å². The highest BCUT2D eigenvalue weighted by Crippen LogP contribution is 2.26. The van der Waals surface area contributed by atoms with E-state index in [4.69, 9.17) is 0 Å². The number of aromatic nitrogens is 2. The Morgan fingerprint density at radius 1 is 1.16 bits per heavy atom. The van der Waals surface area contributed by atoms with Crippen molar-refractivity contribution in [1.29, 1.82) is 0 Å². The van der Waals surface area contributed by atoms with Gasteiger partial charge in [-0.25, -0.2) is 4.68 Å². The lowest BCUT2D eigenvalue weighted by atomic mass is 10.2. The molecule has 0 aliphatic heterocycles. The lowest BCUT2D eigenvalue weighted by Gasteiger charge is -2.09. The van der Waals surface area contributed by atoms with Crippen LogP contribution in [0.2, 0.25) is 0 Å². The molecule has 0 aliphatic rings. The Morgan fingerprint density at radius 3 is 2.48 bits per heavy atom. The molecule has 0 radical (unpaired) electrons. The summed E-state index contributed by atoms with van der Waals surface area (Å²) in [6, 6.07) is 12.8. The van der Waals surface area contributed by atoms with Crippen LogP contribution in [0.1, 0.15) is 12.6 Å². The topological polar surface area (TPSA) is 56.2 Å². The summed E-state index contributed by atoms with van der Waals surface area (Å²) >= 11 is 0. The first-order valence-corrected chi connectivity index (χ1v) is 7.41. The minimum Gasteiger partial charge on any atom is -0.406 e. The summed E-state index contributed by atoms with van der Waals surface area (Å²) in [6.07, 6.45) is -4.73. The second-order valence-corrected chi connectivity index (χ2v) is 5.33. The van der Waals surface area contributed by atoms with Crippen LogP contribution in [0.5, 0.6) is 5.75 Å². The number of benzene rings is 2. The summed E-state index contributed by atoms with van der Waals surface area (Å²) in [5.74, 6) is -0.474. The molecule has 1 amide bonds. The van der Waals surface area contributed by atoms with Crippen LogP contribution in [-0.2, 0) is 11.3 Å². The van der Waals surface area contributed by atoms with Gasteiger partial charge in [-0.3, -0.25) is 4.79 Å². The molecule has 0 aliphatic carbocycles. The van der Waals surface area contributed by atoms with E-state index in [1.54, 1.807) is 4.68 Å². The second kappa shape index (κ2) is 6.46. The minimum absolute atomic E-state index is 0.174. The van der Waals surface area contributed by atoms with Crippen LogP contribution in [0.4, 0.5) is 13.2 Å². The number of amides is 1. The Bertz CT molecular complexity index is 902. The van der Waals surface area contributed by atoms with Gasteiger partial charge >= 0.3 is 6.36 Å². The normalized spacial score (nSPS) is 11.5. The fraction of sp³-hybridized carbons (Fsp3) is 0.176. The predicted octanol–water partition coefficient (Wildman–Crippen LogP) is 3.56. The molecule has 2 aromatic carbocycles. The molecule has 0 saturated carbocycles. The zero-order valence-corrected chi connectivity index (χ0v) is 13.2. The summed E-state index contributed by atoms with van der Waals surface area (Å²) in [4.78, 5) is 11.1. The molecule has 1 heterocycles. The maximum absolute atomic E-state index is 12.3. The van der Waals surface area contributed by atoms with Crippen LogP contribution in [0, 0.1) is 0 Å².